The minimum absolute atomic E-state index is 0.00490. The van der Waals surface area contributed by atoms with Crippen molar-refractivity contribution >= 4 is 22.4 Å². The monoisotopic (exact) mass is 243 g/mol. The van der Waals surface area contributed by atoms with E-state index in [9.17, 15) is 4.79 Å². The van der Waals surface area contributed by atoms with Crippen LogP contribution in [0.3, 0.4) is 0 Å². The van der Waals surface area contributed by atoms with Crippen molar-refractivity contribution in [3.05, 3.63) is 11.1 Å². The van der Waals surface area contributed by atoms with Crippen LogP contribution in [0.15, 0.2) is 5.38 Å². The lowest BCUT2D eigenvalue weighted by Crippen LogP contribution is -2.44. The molecule has 0 radical (unpaired) electrons. The molecule has 5 nitrogen and oxygen atoms in total. The smallest absolute Gasteiger partial charge is 0.355 e. The molecule has 16 heavy (non-hydrogen) atoms. The van der Waals surface area contributed by atoms with E-state index in [0.29, 0.717) is 11.7 Å². The highest BCUT2D eigenvalue weighted by Gasteiger charge is 2.20. The van der Waals surface area contributed by atoms with Crippen LogP contribution in [0.25, 0.3) is 0 Å². The van der Waals surface area contributed by atoms with Gasteiger partial charge in [0.15, 0.2) is 10.8 Å². The number of carbonyl (C=O) groups is 1. The second kappa shape index (κ2) is 4.80. The minimum Gasteiger partial charge on any atom is -0.476 e. The Morgan fingerprint density at radius 3 is 2.69 bits per heavy atom. The molecule has 0 fully saturated rings. The summed E-state index contributed by atoms with van der Waals surface area (Å²) in [4.78, 5) is 16.7. The number of carboxylic acids is 1. The van der Waals surface area contributed by atoms with E-state index >= 15 is 0 Å². The molecule has 90 valence electrons. The van der Waals surface area contributed by atoms with Gasteiger partial charge in [0, 0.05) is 17.5 Å². The van der Waals surface area contributed by atoms with Crippen LogP contribution in [0.2, 0.25) is 0 Å². The number of nitrogens with zero attached hydrogens (tertiary/aromatic N) is 2. The van der Waals surface area contributed by atoms with Crippen molar-refractivity contribution in [1.29, 1.82) is 0 Å². The zero-order valence-corrected chi connectivity index (χ0v) is 10.8. The van der Waals surface area contributed by atoms with Crippen LogP contribution in [-0.2, 0) is 0 Å². The Bertz CT molecular complexity index is 374. The van der Waals surface area contributed by atoms with Crippen LogP contribution in [0.1, 0.15) is 24.3 Å². The third-order valence-corrected chi connectivity index (χ3v) is 3.41. The Balaban J connectivity index is 2.58. The zero-order valence-electron chi connectivity index (χ0n) is 9.94. The Morgan fingerprint density at radius 1 is 1.62 bits per heavy atom. The fourth-order valence-corrected chi connectivity index (χ4v) is 1.59. The molecule has 0 aliphatic carbocycles. The van der Waals surface area contributed by atoms with Gasteiger partial charge in [-0.2, -0.15) is 0 Å². The molecule has 1 aromatic rings. The lowest BCUT2D eigenvalue weighted by molar-refractivity contribution is 0.0691. The van der Waals surface area contributed by atoms with Crippen LogP contribution in [0.5, 0.6) is 0 Å². The predicted octanol–water partition coefficient (Wildman–Crippen LogP) is 1.59. The normalized spacial score (nSPS) is 11.8. The summed E-state index contributed by atoms with van der Waals surface area (Å²) in [6, 6.07) is 0. The van der Waals surface area contributed by atoms with Gasteiger partial charge in [0.25, 0.3) is 0 Å². The van der Waals surface area contributed by atoms with Gasteiger partial charge >= 0.3 is 5.97 Å². The molecule has 0 saturated heterocycles. The molecular weight excluding hydrogens is 226 g/mol. The highest BCUT2D eigenvalue weighted by atomic mass is 32.1. The van der Waals surface area contributed by atoms with Crippen molar-refractivity contribution in [3.63, 3.8) is 0 Å². The van der Waals surface area contributed by atoms with Crippen LogP contribution >= 0.6 is 11.3 Å². The number of thiazole rings is 1. The van der Waals surface area contributed by atoms with Gasteiger partial charge in [-0.3, -0.25) is 0 Å². The van der Waals surface area contributed by atoms with E-state index < -0.39 is 5.97 Å². The molecule has 1 heterocycles. The molecule has 1 rings (SSSR count). The van der Waals surface area contributed by atoms with Gasteiger partial charge in [-0.25, -0.2) is 9.78 Å². The molecule has 6 heteroatoms. The van der Waals surface area contributed by atoms with Crippen molar-refractivity contribution in [2.75, 3.05) is 26.0 Å². The number of rotatable bonds is 5. The van der Waals surface area contributed by atoms with Gasteiger partial charge in [0.2, 0.25) is 0 Å². The molecule has 0 aliphatic rings. The van der Waals surface area contributed by atoms with E-state index in [1.807, 2.05) is 14.1 Å². The number of hydrogen-bond acceptors (Lipinski definition) is 5. The molecular formula is C10H17N3O2S. The van der Waals surface area contributed by atoms with E-state index in [0.717, 1.165) is 0 Å². The Kier molecular flexibility index (Phi) is 3.88. The largest absolute Gasteiger partial charge is 0.476 e. The Hall–Kier alpha value is -1.14. The number of aromatic nitrogens is 1. The fraction of sp³-hybridized carbons (Fsp3) is 0.600. The first kappa shape index (κ1) is 12.9. The first-order valence-corrected chi connectivity index (χ1v) is 5.81. The molecule has 0 atom stereocenters. The van der Waals surface area contributed by atoms with Crippen LogP contribution < -0.4 is 5.32 Å². The number of nitrogens with one attached hydrogen (secondary N) is 1. The van der Waals surface area contributed by atoms with Crippen LogP contribution in [0, 0.1) is 0 Å². The van der Waals surface area contributed by atoms with Crippen molar-refractivity contribution in [3.8, 4) is 0 Å². The summed E-state index contributed by atoms with van der Waals surface area (Å²) in [6.45, 7) is 4.92. The summed E-state index contributed by atoms with van der Waals surface area (Å²) in [5.74, 6) is -0.990. The number of hydrogen-bond donors (Lipinski definition) is 2. The molecule has 0 amide bonds. The third-order valence-electron chi connectivity index (χ3n) is 2.61. The van der Waals surface area contributed by atoms with Gasteiger partial charge in [-0.15, -0.1) is 11.3 Å². The highest BCUT2D eigenvalue weighted by molar-refractivity contribution is 7.13. The van der Waals surface area contributed by atoms with Crippen molar-refractivity contribution in [1.82, 2.24) is 9.88 Å². The zero-order chi connectivity index (χ0) is 12.3. The molecule has 2 N–H and O–H groups in total. The summed E-state index contributed by atoms with van der Waals surface area (Å²) in [6.07, 6.45) is 0. The minimum atomic E-state index is -0.990. The van der Waals surface area contributed by atoms with Gasteiger partial charge < -0.3 is 15.3 Å². The summed E-state index contributed by atoms with van der Waals surface area (Å²) in [5.41, 5.74) is 0.0878. The number of aromatic carboxylic acids is 1. The average molecular weight is 243 g/mol. The number of carboxylic acid groups (broad SMARTS) is 1. The summed E-state index contributed by atoms with van der Waals surface area (Å²) >= 11 is 1.31. The quantitative estimate of drug-likeness (QED) is 0.822. The van der Waals surface area contributed by atoms with Gasteiger partial charge in [-0.1, -0.05) is 0 Å². The molecule has 0 unspecified atom stereocenters. The maximum atomic E-state index is 10.6. The number of likely N-dealkylation sites (N-methyl/N-ethyl adjacent to an activating group) is 1. The van der Waals surface area contributed by atoms with E-state index in [1.54, 1.807) is 0 Å². The fourth-order valence-electron chi connectivity index (χ4n) is 0.903. The maximum absolute atomic E-state index is 10.6. The lowest BCUT2D eigenvalue weighted by Gasteiger charge is -2.32. The predicted molar refractivity (Wildman–Crippen MR) is 65.3 cm³/mol. The molecule has 0 spiro atoms. The molecule has 0 aromatic carbocycles. The second-order valence-corrected chi connectivity index (χ2v) is 5.26. The Morgan fingerprint density at radius 2 is 2.25 bits per heavy atom. The van der Waals surface area contributed by atoms with Gasteiger partial charge in [0.05, 0.1) is 0 Å². The summed E-state index contributed by atoms with van der Waals surface area (Å²) < 4.78 is 0. The lowest BCUT2D eigenvalue weighted by atomic mass is 10.1. The van der Waals surface area contributed by atoms with Crippen molar-refractivity contribution < 1.29 is 9.90 Å². The SMILES string of the molecule is CN(C)C(C)(C)CNc1nc(C(=O)O)cs1. The van der Waals surface area contributed by atoms with Crippen molar-refractivity contribution in [2.24, 2.45) is 0 Å². The van der Waals surface area contributed by atoms with Crippen LogP contribution in [-0.4, -0.2) is 47.1 Å². The van der Waals surface area contributed by atoms with E-state index in [2.05, 4.69) is 29.0 Å². The summed E-state index contributed by atoms with van der Waals surface area (Å²) in [7, 11) is 4.01. The van der Waals surface area contributed by atoms with Crippen molar-refractivity contribution in [2.45, 2.75) is 19.4 Å². The number of anilines is 1. The average Bonchev–Trinajstić information content (AvgIpc) is 2.63. The molecule has 1 aromatic heterocycles. The molecule has 0 saturated carbocycles. The topological polar surface area (TPSA) is 65.5 Å². The first-order chi connectivity index (χ1) is 7.33. The second-order valence-electron chi connectivity index (χ2n) is 4.40. The van der Waals surface area contributed by atoms with E-state index in [-0.39, 0.29) is 11.2 Å². The van der Waals surface area contributed by atoms with Crippen LogP contribution in [0.4, 0.5) is 5.13 Å². The first-order valence-electron chi connectivity index (χ1n) is 4.93. The molecule has 0 bridgehead atoms. The van der Waals surface area contributed by atoms with Gasteiger partial charge in [-0.05, 0) is 27.9 Å². The third kappa shape index (κ3) is 3.18. The summed E-state index contributed by atoms with van der Waals surface area (Å²) in [5, 5.41) is 14.0. The van der Waals surface area contributed by atoms with E-state index in [4.69, 9.17) is 5.11 Å². The molecule has 0 aliphatic heterocycles. The van der Waals surface area contributed by atoms with E-state index in [1.165, 1.54) is 16.7 Å². The van der Waals surface area contributed by atoms with Gasteiger partial charge in [0.1, 0.15) is 0 Å². The standard InChI is InChI=1S/C10H17N3O2S/c1-10(2,13(3)4)6-11-9-12-7(5-16-9)8(14)15/h5H,6H2,1-4H3,(H,11,12)(H,14,15). The maximum Gasteiger partial charge on any atom is 0.355 e. The highest BCUT2D eigenvalue weighted by Crippen LogP contribution is 2.17. The Labute approximate surface area is 99.1 Å².